The summed E-state index contributed by atoms with van der Waals surface area (Å²) >= 11 is 0. The molecule has 1 aromatic carbocycles. The van der Waals surface area contributed by atoms with Gasteiger partial charge in [-0.25, -0.2) is 15.0 Å². The van der Waals surface area contributed by atoms with Crippen molar-refractivity contribution in [1.82, 2.24) is 25.3 Å². The number of hydrogen-bond acceptors (Lipinski definition) is 5. The molecule has 0 aliphatic rings. The molecule has 0 aliphatic carbocycles. The quantitative estimate of drug-likeness (QED) is 0.605. The highest BCUT2D eigenvalue weighted by molar-refractivity contribution is 6.07. The van der Waals surface area contributed by atoms with Crippen molar-refractivity contribution in [2.24, 2.45) is 0 Å². The Morgan fingerprint density at radius 1 is 1.00 bits per heavy atom. The summed E-state index contributed by atoms with van der Waals surface area (Å²) in [6, 6.07) is 14.8. The van der Waals surface area contributed by atoms with E-state index in [1.807, 2.05) is 49.4 Å². The molecule has 6 nitrogen and oxygen atoms in total. The van der Waals surface area contributed by atoms with Crippen LogP contribution in [0, 0.1) is 0 Å². The third-order valence-electron chi connectivity index (χ3n) is 4.33. The van der Waals surface area contributed by atoms with E-state index in [9.17, 15) is 4.79 Å². The van der Waals surface area contributed by atoms with E-state index >= 15 is 0 Å². The van der Waals surface area contributed by atoms with Crippen molar-refractivity contribution in [1.29, 1.82) is 0 Å². The molecule has 1 N–H and O–H groups in total. The minimum atomic E-state index is -0.239. The van der Waals surface area contributed by atoms with Gasteiger partial charge >= 0.3 is 0 Å². The van der Waals surface area contributed by atoms with Crippen LogP contribution in [0.5, 0.6) is 0 Å². The highest BCUT2D eigenvalue weighted by Crippen LogP contribution is 2.25. The zero-order valence-corrected chi connectivity index (χ0v) is 14.7. The van der Waals surface area contributed by atoms with Crippen LogP contribution < -0.4 is 5.32 Å². The number of para-hydroxylation sites is 1. The van der Waals surface area contributed by atoms with E-state index in [1.54, 1.807) is 24.7 Å². The lowest BCUT2D eigenvalue weighted by molar-refractivity contribution is 0.0940. The van der Waals surface area contributed by atoms with Crippen LogP contribution in [0.3, 0.4) is 0 Å². The molecule has 27 heavy (non-hydrogen) atoms. The van der Waals surface area contributed by atoms with E-state index in [2.05, 4.69) is 20.3 Å². The molecule has 0 saturated heterocycles. The van der Waals surface area contributed by atoms with Crippen LogP contribution in [0.15, 0.2) is 73.4 Å². The summed E-state index contributed by atoms with van der Waals surface area (Å²) in [4.78, 5) is 29.9. The third-order valence-corrected chi connectivity index (χ3v) is 4.33. The van der Waals surface area contributed by atoms with Crippen molar-refractivity contribution < 1.29 is 4.79 Å². The molecule has 0 fully saturated rings. The topological polar surface area (TPSA) is 80.7 Å². The van der Waals surface area contributed by atoms with Crippen LogP contribution in [0.2, 0.25) is 0 Å². The molecule has 4 aromatic rings. The number of nitrogens with zero attached hydrogens (tertiary/aromatic N) is 4. The van der Waals surface area contributed by atoms with E-state index < -0.39 is 0 Å². The molecule has 0 aliphatic heterocycles. The monoisotopic (exact) mass is 355 g/mol. The van der Waals surface area contributed by atoms with Gasteiger partial charge in [0, 0.05) is 29.5 Å². The Hall–Kier alpha value is -3.67. The van der Waals surface area contributed by atoms with Crippen molar-refractivity contribution >= 4 is 16.8 Å². The number of nitrogens with one attached hydrogen (secondary N) is 1. The number of benzene rings is 1. The summed E-state index contributed by atoms with van der Waals surface area (Å²) < 4.78 is 0. The van der Waals surface area contributed by atoms with Crippen molar-refractivity contribution in [3.63, 3.8) is 0 Å². The Balaban J connectivity index is 1.74. The number of carbonyl (C=O) groups is 1. The molecule has 132 valence electrons. The lowest BCUT2D eigenvalue weighted by Crippen LogP contribution is -2.27. The molecule has 0 saturated carbocycles. The smallest absolute Gasteiger partial charge is 0.252 e. The average Bonchev–Trinajstić information content (AvgIpc) is 2.74. The maximum Gasteiger partial charge on any atom is 0.252 e. The third kappa shape index (κ3) is 3.50. The molecule has 3 aromatic heterocycles. The van der Waals surface area contributed by atoms with Crippen LogP contribution in [0.4, 0.5) is 0 Å². The first-order chi connectivity index (χ1) is 13.2. The molecular formula is C21H17N5O. The Kier molecular flexibility index (Phi) is 4.53. The minimum Gasteiger partial charge on any atom is -0.344 e. The van der Waals surface area contributed by atoms with E-state index in [0.29, 0.717) is 5.56 Å². The highest BCUT2D eigenvalue weighted by atomic mass is 16.1. The van der Waals surface area contributed by atoms with Crippen molar-refractivity contribution in [3.05, 3.63) is 84.7 Å². The number of carbonyl (C=O) groups excluding carboxylic acids is 1. The molecule has 0 bridgehead atoms. The fourth-order valence-electron chi connectivity index (χ4n) is 2.94. The SMILES string of the molecule is C[C@@H](NC(=O)c1cc(-c2ccncc2)nc2ccccc12)c1ccncn1. The predicted molar refractivity (Wildman–Crippen MR) is 103 cm³/mol. The van der Waals surface area contributed by atoms with Crippen LogP contribution in [0.1, 0.15) is 29.0 Å². The largest absolute Gasteiger partial charge is 0.344 e. The summed E-state index contributed by atoms with van der Waals surface area (Å²) in [6.07, 6.45) is 6.56. The van der Waals surface area contributed by atoms with Crippen LogP contribution in [-0.4, -0.2) is 25.8 Å². The molecule has 3 heterocycles. The number of pyridine rings is 2. The fourth-order valence-corrected chi connectivity index (χ4v) is 2.94. The Morgan fingerprint density at radius 2 is 1.78 bits per heavy atom. The van der Waals surface area contributed by atoms with E-state index in [4.69, 9.17) is 4.98 Å². The van der Waals surface area contributed by atoms with Crippen LogP contribution in [0.25, 0.3) is 22.2 Å². The van der Waals surface area contributed by atoms with Gasteiger partial charge in [0.2, 0.25) is 0 Å². The van der Waals surface area contributed by atoms with Crippen LogP contribution in [-0.2, 0) is 0 Å². The Morgan fingerprint density at radius 3 is 2.56 bits per heavy atom. The lowest BCUT2D eigenvalue weighted by Gasteiger charge is -2.15. The van der Waals surface area contributed by atoms with Crippen LogP contribution >= 0.6 is 0 Å². The van der Waals surface area contributed by atoms with Crippen molar-refractivity contribution in [2.45, 2.75) is 13.0 Å². The zero-order valence-electron chi connectivity index (χ0n) is 14.7. The summed E-state index contributed by atoms with van der Waals surface area (Å²) in [7, 11) is 0. The Labute approximate surface area is 156 Å². The summed E-state index contributed by atoms with van der Waals surface area (Å²) in [5.74, 6) is -0.171. The standard InChI is InChI=1S/C21H17N5O/c1-14(18-8-11-23-13-24-18)25-21(27)17-12-20(15-6-9-22-10-7-15)26-19-5-3-2-4-16(17)19/h2-14H,1H3,(H,25,27)/t14-/m1/s1. The molecule has 1 atom stereocenters. The van der Waals surface area contributed by atoms with Gasteiger partial charge in [0.25, 0.3) is 5.91 Å². The number of fused-ring (bicyclic) bond motifs is 1. The molecule has 6 heteroatoms. The first kappa shape index (κ1) is 16.8. The molecule has 1 amide bonds. The van der Waals surface area contributed by atoms with Gasteiger partial charge < -0.3 is 5.32 Å². The van der Waals surface area contributed by atoms with Gasteiger partial charge in [0.05, 0.1) is 28.5 Å². The van der Waals surface area contributed by atoms with Gasteiger partial charge in [-0.15, -0.1) is 0 Å². The first-order valence-electron chi connectivity index (χ1n) is 8.59. The zero-order chi connectivity index (χ0) is 18.6. The van der Waals surface area contributed by atoms with Gasteiger partial charge in [0.15, 0.2) is 0 Å². The summed E-state index contributed by atoms with van der Waals surface area (Å²) in [5, 5.41) is 3.82. The normalized spacial score (nSPS) is 11.9. The maximum absolute atomic E-state index is 13.0. The predicted octanol–water partition coefficient (Wildman–Crippen LogP) is 3.58. The fraction of sp³-hybridized carbons (Fsp3) is 0.0952. The molecular weight excluding hydrogens is 338 g/mol. The maximum atomic E-state index is 13.0. The second-order valence-corrected chi connectivity index (χ2v) is 6.14. The number of rotatable bonds is 4. The second-order valence-electron chi connectivity index (χ2n) is 6.14. The average molecular weight is 355 g/mol. The molecule has 0 spiro atoms. The van der Waals surface area contributed by atoms with E-state index in [1.165, 1.54) is 6.33 Å². The highest BCUT2D eigenvalue weighted by Gasteiger charge is 2.17. The summed E-state index contributed by atoms with van der Waals surface area (Å²) in [5.41, 5.74) is 3.75. The first-order valence-corrected chi connectivity index (χ1v) is 8.59. The minimum absolute atomic E-state index is 0.171. The van der Waals surface area contributed by atoms with Gasteiger partial charge in [0.1, 0.15) is 6.33 Å². The van der Waals surface area contributed by atoms with Crippen molar-refractivity contribution in [3.8, 4) is 11.3 Å². The Bertz CT molecular complexity index is 1080. The molecule has 0 radical (unpaired) electrons. The van der Waals surface area contributed by atoms with Gasteiger partial charge in [-0.3, -0.25) is 9.78 Å². The summed E-state index contributed by atoms with van der Waals surface area (Å²) in [6.45, 7) is 1.90. The van der Waals surface area contributed by atoms with E-state index in [0.717, 1.165) is 27.9 Å². The van der Waals surface area contributed by atoms with Gasteiger partial charge in [-0.1, -0.05) is 18.2 Å². The van der Waals surface area contributed by atoms with E-state index in [-0.39, 0.29) is 11.9 Å². The van der Waals surface area contributed by atoms with Gasteiger partial charge in [-0.2, -0.15) is 0 Å². The number of aromatic nitrogens is 4. The molecule has 4 rings (SSSR count). The second kappa shape index (κ2) is 7.29. The lowest BCUT2D eigenvalue weighted by atomic mass is 10.0. The van der Waals surface area contributed by atoms with Gasteiger partial charge in [-0.05, 0) is 37.3 Å². The number of hydrogen-bond donors (Lipinski definition) is 1. The molecule has 0 unspecified atom stereocenters. The van der Waals surface area contributed by atoms with Crippen molar-refractivity contribution in [2.75, 3.05) is 0 Å². The number of amides is 1.